The third kappa shape index (κ3) is 7.31. The zero-order chi connectivity index (χ0) is 13.2. The summed E-state index contributed by atoms with van der Waals surface area (Å²) in [5.74, 6) is 0.769. The first-order valence-corrected chi connectivity index (χ1v) is 7.30. The van der Waals surface area contributed by atoms with Gasteiger partial charge in [0, 0.05) is 19.7 Å². The molecule has 1 rings (SSSR count). The number of ether oxygens (including phenoxy) is 2. The summed E-state index contributed by atoms with van der Waals surface area (Å²) in [5.41, 5.74) is 0. The van der Waals surface area contributed by atoms with E-state index in [-0.39, 0.29) is 0 Å². The zero-order valence-corrected chi connectivity index (χ0v) is 11.9. The van der Waals surface area contributed by atoms with Crippen LogP contribution in [0.4, 0.5) is 0 Å². The molecule has 0 aromatic heterocycles. The predicted molar refractivity (Wildman–Crippen MR) is 72.7 cm³/mol. The van der Waals surface area contributed by atoms with Crippen molar-refractivity contribution in [3.63, 3.8) is 0 Å². The molecule has 1 aliphatic carbocycles. The van der Waals surface area contributed by atoms with Gasteiger partial charge in [0.25, 0.3) is 0 Å². The van der Waals surface area contributed by atoms with Crippen LogP contribution >= 0.6 is 0 Å². The fourth-order valence-electron chi connectivity index (χ4n) is 2.39. The third-order valence-electron chi connectivity index (χ3n) is 3.42. The van der Waals surface area contributed by atoms with Crippen molar-refractivity contribution in [3.05, 3.63) is 0 Å². The molecule has 0 aromatic rings. The second-order valence-electron chi connectivity index (χ2n) is 5.28. The highest BCUT2D eigenvalue weighted by atomic mass is 16.5. The molecular formula is C14H29NO3. The first-order valence-electron chi connectivity index (χ1n) is 7.30. The van der Waals surface area contributed by atoms with Gasteiger partial charge in [-0.25, -0.2) is 0 Å². The Morgan fingerprint density at radius 3 is 2.94 bits per heavy atom. The van der Waals surface area contributed by atoms with Gasteiger partial charge in [-0.05, 0) is 25.7 Å². The average Bonchev–Trinajstić information content (AvgIpc) is 2.36. The SMILES string of the molecule is CCOCCNCC(O)COC1CCCC(C)C1. The first-order chi connectivity index (χ1) is 8.72. The highest BCUT2D eigenvalue weighted by Crippen LogP contribution is 2.25. The van der Waals surface area contributed by atoms with E-state index >= 15 is 0 Å². The van der Waals surface area contributed by atoms with Gasteiger partial charge in [0.15, 0.2) is 0 Å². The zero-order valence-electron chi connectivity index (χ0n) is 11.9. The smallest absolute Gasteiger partial charge is 0.0897 e. The minimum Gasteiger partial charge on any atom is -0.389 e. The van der Waals surface area contributed by atoms with Crippen LogP contribution in [0.1, 0.15) is 39.5 Å². The van der Waals surface area contributed by atoms with E-state index < -0.39 is 6.10 Å². The van der Waals surface area contributed by atoms with E-state index in [0.29, 0.717) is 25.9 Å². The van der Waals surface area contributed by atoms with Gasteiger partial charge in [-0.3, -0.25) is 0 Å². The van der Waals surface area contributed by atoms with Gasteiger partial charge in [-0.2, -0.15) is 0 Å². The van der Waals surface area contributed by atoms with Crippen molar-refractivity contribution < 1.29 is 14.6 Å². The Labute approximate surface area is 111 Å². The second-order valence-corrected chi connectivity index (χ2v) is 5.28. The summed E-state index contributed by atoms with van der Waals surface area (Å²) in [6.07, 6.45) is 4.81. The lowest BCUT2D eigenvalue weighted by atomic mass is 9.89. The Kier molecular flexibility index (Phi) is 8.59. The van der Waals surface area contributed by atoms with E-state index in [0.717, 1.165) is 31.9 Å². The van der Waals surface area contributed by atoms with Crippen LogP contribution in [0.15, 0.2) is 0 Å². The van der Waals surface area contributed by atoms with Crippen molar-refractivity contribution in [1.82, 2.24) is 5.32 Å². The molecule has 1 fully saturated rings. The van der Waals surface area contributed by atoms with Crippen LogP contribution in [0.25, 0.3) is 0 Å². The van der Waals surface area contributed by atoms with Crippen molar-refractivity contribution in [1.29, 1.82) is 0 Å². The maximum atomic E-state index is 9.77. The fourth-order valence-corrected chi connectivity index (χ4v) is 2.39. The lowest BCUT2D eigenvalue weighted by molar-refractivity contribution is -0.0308. The van der Waals surface area contributed by atoms with Gasteiger partial charge in [-0.1, -0.05) is 19.8 Å². The molecular weight excluding hydrogens is 230 g/mol. The minimum absolute atomic E-state index is 0.354. The molecule has 3 atom stereocenters. The Hall–Kier alpha value is -0.160. The van der Waals surface area contributed by atoms with E-state index in [1.807, 2.05) is 6.92 Å². The molecule has 0 saturated heterocycles. The molecule has 4 heteroatoms. The quantitative estimate of drug-likeness (QED) is 0.617. The molecule has 1 saturated carbocycles. The summed E-state index contributed by atoms with van der Waals surface area (Å²) >= 11 is 0. The van der Waals surface area contributed by atoms with Gasteiger partial charge in [0.05, 0.1) is 25.4 Å². The summed E-state index contributed by atoms with van der Waals surface area (Å²) in [7, 11) is 0. The van der Waals surface area contributed by atoms with Gasteiger partial charge in [-0.15, -0.1) is 0 Å². The maximum Gasteiger partial charge on any atom is 0.0897 e. The van der Waals surface area contributed by atoms with Crippen LogP contribution in [-0.4, -0.2) is 50.2 Å². The summed E-state index contributed by atoms with van der Waals surface area (Å²) < 4.78 is 11.0. The molecule has 4 nitrogen and oxygen atoms in total. The highest BCUT2D eigenvalue weighted by Gasteiger charge is 2.20. The summed E-state index contributed by atoms with van der Waals surface area (Å²) in [5, 5.41) is 12.9. The van der Waals surface area contributed by atoms with Crippen molar-refractivity contribution in [2.24, 2.45) is 5.92 Å². The van der Waals surface area contributed by atoms with Gasteiger partial charge in [0.1, 0.15) is 0 Å². The van der Waals surface area contributed by atoms with Gasteiger partial charge in [0.2, 0.25) is 0 Å². The molecule has 2 N–H and O–H groups in total. The number of nitrogens with one attached hydrogen (secondary N) is 1. The number of hydrogen-bond donors (Lipinski definition) is 2. The van der Waals surface area contributed by atoms with E-state index in [2.05, 4.69) is 12.2 Å². The van der Waals surface area contributed by atoms with Gasteiger partial charge < -0.3 is 19.9 Å². The number of aliphatic hydroxyl groups is 1. The van der Waals surface area contributed by atoms with Crippen LogP contribution in [-0.2, 0) is 9.47 Å². The minimum atomic E-state index is -0.413. The average molecular weight is 259 g/mol. The predicted octanol–water partition coefficient (Wildman–Crippen LogP) is 1.57. The lowest BCUT2D eigenvalue weighted by Gasteiger charge is -2.27. The van der Waals surface area contributed by atoms with Crippen molar-refractivity contribution in [2.45, 2.75) is 51.7 Å². The molecule has 108 valence electrons. The Morgan fingerprint density at radius 1 is 1.39 bits per heavy atom. The molecule has 0 amide bonds. The summed E-state index contributed by atoms with van der Waals surface area (Å²) in [4.78, 5) is 0. The van der Waals surface area contributed by atoms with Crippen LogP contribution < -0.4 is 5.32 Å². The summed E-state index contributed by atoms with van der Waals surface area (Å²) in [6.45, 7) is 7.51. The number of rotatable bonds is 9. The normalized spacial score (nSPS) is 26.2. The Balaban J connectivity index is 1.97. The Morgan fingerprint density at radius 2 is 2.22 bits per heavy atom. The monoisotopic (exact) mass is 259 g/mol. The first kappa shape index (κ1) is 15.9. The second kappa shape index (κ2) is 9.73. The molecule has 0 aliphatic heterocycles. The topological polar surface area (TPSA) is 50.7 Å². The number of aliphatic hydroxyl groups excluding tert-OH is 1. The molecule has 0 spiro atoms. The van der Waals surface area contributed by atoms with Gasteiger partial charge >= 0.3 is 0 Å². The van der Waals surface area contributed by atoms with Crippen LogP contribution in [0.2, 0.25) is 0 Å². The molecule has 1 aliphatic rings. The fraction of sp³-hybridized carbons (Fsp3) is 1.00. The standard InChI is InChI=1S/C14H29NO3/c1-3-17-8-7-15-10-13(16)11-18-14-6-4-5-12(2)9-14/h12-16H,3-11H2,1-2H3. The van der Waals surface area contributed by atoms with Crippen molar-refractivity contribution in [3.8, 4) is 0 Å². The number of hydrogen-bond acceptors (Lipinski definition) is 4. The van der Waals surface area contributed by atoms with E-state index in [9.17, 15) is 5.11 Å². The third-order valence-corrected chi connectivity index (χ3v) is 3.42. The molecule has 0 heterocycles. The van der Waals surface area contributed by atoms with E-state index in [1.54, 1.807) is 0 Å². The lowest BCUT2D eigenvalue weighted by Crippen LogP contribution is -2.34. The van der Waals surface area contributed by atoms with Crippen molar-refractivity contribution in [2.75, 3.05) is 32.9 Å². The van der Waals surface area contributed by atoms with Crippen LogP contribution in [0, 0.1) is 5.92 Å². The molecule has 0 aromatic carbocycles. The molecule has 0 bridgehead atoms. The highest BCUT2D eigenvalue weighted by molar-refractivity contribution is 4.71. The maximum absolute atomic E-state index is 9.77. The Bertz CT molecular complexity index is 201. The van der Waals surface area contributed by atoms with Crippen LogP contribution in [0.3, 0.4) is 0 Å². The van der Waals surface area contributed by atoms with Crippen LogP contribution in [0.5, 0.6) is 0 Å². The van der Waals surface area contributed by atoms with E-state index in [4.69, 9.17) is 9.47 Å². The molecule has 0 radical (unpaired) electrons. The molecule has 18 heavy (non-hydrogen) atoms. The largest absolute Gasteiger partial charge is 0.389 e. The summed E-state index contributed by atoms with van der Waals surface area (Å²) in [6, 6.07) is 0. The van der Waals surface area contributed by atoms with Crippen molar-refractivity contribution >= 4 is 0 Å². The molecule has 3 unspecified atom stereocenters. The van der Waals surface area contributed by atoms with E-state index in [1.165, 1.54) is 12.8 Å².